The summed E-state index contributed by atoms with van der Waals surface area (Å²) in [5.41, 5.74) is 5.93. The Bertz CT molecular complexity index is 1020. The van der Waals surface area contributed by atoms with Crippen molar-refractivity contribution in [2.24, 2.45) is 17.6 Å². The summed E-state index contributed by atoms with van der Waals surface area (Å²) in [6.45, 7) is 10.2. The summed E-state index contributed by atoms with van der Waals surface area (Å²) in [7, 11) is 1.64. The van der Waals surface area contributed by atoms with Gasteiger partial charge in [0.05, 0.1) is 12.1 Å². The van der Waals surface area contributed by atoms with Crippen LogP contribution >= 0.6 is 0 Å². The lowest BCUT2D eigenvalue weighted by atomic mass is 9.90. The monoisotopic (exact) mass is 665 g/mol. The smallest absolute Gasteiger partial charge is 0.245 e. The number of nitrogens with one attached hydrogen (secondary N) is 4. The maximum atomic E-state index is 14.1. The molecule has 1 heterocycles. The van der Waals surface area contributed by atoms with Crippen molar-refractivity contribution in [2.45, 2.75) is 142 Å². The number of nitrogens with zero attached hydrogens (tertiary/aromatic N) is 2. The van der Waals surface area contributed by atoms with Crippen LogP contribution in [0.2, 0.25) is 0 Å². The summed E-state index contributed by atoms with van der Waals surface area (Å²) < 4.78 is 0. The summed E-state index contributed by atoms with van der Waals surface area (Å²) in [5, 5.41) is 21.5. The molecule has 0 spiro atoms. The molecule has 0 aromatic heterocycles. The second kappa shape index (κ2) is 20.6. The van der Waals surface area contributed by atoms with Gasteiger partial charge in [-0.1, -0.05) is 65.7 Å². The zero-order chi connectivity index (χ0) is 35.1. The van der Waals surface area contributed by atoms with Gasteiger partial charge >= 0.3 is 0 Å². The van der Waals surface area contributed by atoms with Crippen LogP contribution in [0.3, 0.4) is 0 Å². The Labute approximate surface area is 281 Å². The number of rotatable bonds is 10. The first-order valence-electron chi connectivity index (χ1n) is 17.9. The Hall–Kier alpha value is -2.77. The van der Waals surface area contributed by atoms with Gasteiger partial charge in [0, 0.05) is 26.7 Å². The molecule has 13 nitrogen and oxygen atoms in total. The van der Waals surface area contributed by atoms with Gasteiger partial charge in [-0.3, -0.25) is 28.9 Å². The van der Waals surface area contributed by atoms with E-state index < -0.39 is 59.9 Å². The van der Waals surface area contributed by atoms with E-state index in [1.807, 2.05) is 25.7 Å². The SMILES string of the molecule is CCCCCCN1CCNC(=O)C(C(C)O)NC(=O)C(CN)NC(=O)[C@H](C2CCCCCC2)NC(=O)[C@H](CC(C)C)N(C)C(=O)C1C. The molecule has 5 amide bonds. The highest BCUT2D eigenvalue weighted by atomic mass is 16.3. The zero-order valence-electron chi connectivity index (χ0n) is 29.7. The van der Waals surface area contributed by atoms with Crippen LogP contribution in [0.4, 0.5) is 0 Å². The minimum atomic E-state index is -1.29. The first-order valence-corrected chi connectivity index (χ1v) is 17.9. The van der Waals surface area contributed by atoms with Gasteiger partial charge in [-0.2, -0.15) is 0 Å². The van der Waals surface area contributed by atoms with Crippen LogP contribution in [0.15, 0.2) is 0 Å². The van der Waals surface area contributed by atoms with Crippen molar-refractivity contribution in [3.05, 3.63) is 0 Å². The molecule has 2 fully saturated rings. The van der Waals surface area contributed by atoms with Crippen molar-refractivity contribution in [1.82, 2.24) is 31.1 Å². The number of amides is 5. The molecule has 4 unspecified atom stereocenters. The average molecular weight is 666 g/mol. The third-order valence-electron chi connectivity index (χ3n) is 9.60. The fourth-order valence-corrected chi connectivity index (χ4v) is 6.61. The number of hydrogen-bond donors (Lipinski definition) is 6. The largest absolute Gasteiger partial charge is 0.391 e. The molecule has 0 aromatic carbocycles. The van der Waals surface area contributed by atoms with Gasteiger partial charge in [0.15, 0.2) is 0 Å². The second-order valence-corrected chi connectivity index (χ2v) is 13.9. The molecule has 1 saturated heterocycles. The molecule has 6 atom stereocenters. The molecule has 47 heavy (non-hydrogen) atoms. The third kappa shape index (κ3) is 12.6. The number of unbranched alkanes of at least 4 members (excludes halogenated alkanes) is 3. The Morgan fingerprint density at radius 2 is 1.53 bits per heavy atom. The number of carbonyl (C=O) groups is 5. The number of likely N-dealkylation sites (N-methyl/N-ethyl adjacent to an activating group) is 1. The fourth-order valence-electron chi connectivity index (χ4n) is 6.61. The maximum absolute atomic E-state index is 14.1. The first-order chi connectivity index (χ1) is 22.3. The second-order valence-electron chi connectivity index (χ2n) is 13.9. The molecule has 0 bridgehead atoms. The number of aliphatic hydroxyl groups is 1. The minimum Gasteiger partial charge on any atom is -0.391 e. The van der Waals surface area contributed by atoms with E-state index in [0.29, 0.717) is 19.5 Å². The molecule has 13 heteroatoms. The van der Waals surface area contributed by atoms with Crippen molar-refractivity contribution in [3.8, 4) is 0 Å². The van der Waals surface area contributed by atoms with E-state index >= 15 is 0 Å². The quantitative estimate of drug-likeness (QED) is 0.148. The number of hydrogen-bond acceptors (Lipinski definition) is 8. The van der Waals surface area contributed by atoms with Crippen molar-refractivity contribution in [1.29, 1.82) is 0 Å². The van der Waals surface area contributed by atoms with E-state index in [4.69, 9.17) is 5.73 Å². The summed E-state index contributed by atoms with van der Waals surface area (Å²) in [6, 6.07) is -4.83. The van der Waals surface area contributed by atoms with Gasteiger partial charge in [0.25, 0.3) is 0 Å². The zero-order valence-corrected chi connectivity index (χ0v) is 29.7. The van der Waals surface area contributed by atoms with Crippen molar-refractivity contribution in [2.75, 3.05) is 33.2 Å². The summed E-state index contributed by atoms with van der Waals surface area (Å²) in [6.07, 6.45) is 8.54. The van der Waals surface area contributed by atoms with Crippen LogP contribution < -0.4 is 27.0 Å². The molecule has 0 radical (unpaired) electrons. The molecular weight excluding hydrogens is 602 g/mol. The van der Waals surface area contributed by atoms with E-state index in [1.165, 1.54) is 11.8 Å². The van der Waals surface area contributed by atoms with E-state index in [9.17, 15) is 29.1 Å². The Morgan fingerprint density at radius 3 is 2.11 bits per heavy atom. The van der Waals surface area contributed by atoms with Crippen LogP contribution in [0, 0.1) is 11.8 Å². The van der Waals surface area contributed by atoms with Crippen LogP contribution in [0.25, 0.3) is 0 Å². The highest BCUT2D eigenvalue weighted by molar-refractivity contribution is 5.96. The Balaban J connectivity index is 2.54. The summed E-state index contributed by atoms with van der Waals surface area (Å²) in [5.74, 6) is -2.53. The van der Waals surface area contributed by atoms with Crippen LogP contribution in [-0.2, 0) is 24.0 Å². The molecule has 2 rings (SSSR count). The van der Waals surface area contributed by atoms with Gasteiger partial charge in [-0.05, 0) is 57.9 Å². The lowest BCUT2D eigenvalue weighted by Crippen LogP contribution is -2.63. The van der Waals surface area contributed by atoms with Gasteiger partial charge in [-0.15, -0.1) is 0 Å². The van der Waals surface area contributed by atoms with Crippen LogP contribution in [0.5, 0.6) is 0 Å². The Morgan fingerprint density at radius 1 is 0.872 bits per heavy atom. The lowest BCUT2D eigenvalue weighted by Gasteiger charge is -2.36. The average Bonchev–Trinajstić information content (AvgIpc) is 3.32. The van der Waals surface area contributed by atoms with Crippen molar-refractivity contribution in [3.63, 3.8) is 0 Å². The van der Waals surface area contributed by atoms with E-state index in [2.05, 4.69) is 28.2 Å². The predicted octanol–water partition coefficient (Wildman–Crippen LogP) is 1.02. The molecule has 270 valence electrons. The van der Waals surface area contributed by atoms with Crippen molar-refractivity contribution < 1.29 is 29.1 Å². The minimum absolute atomic E-state index is 0.0897. The third-order valence-corrected chi connectivity index (χ3v) is 9.60. The Kier molecular flexibility index (Phi) is 17.7. The topological polar surface area (TPSA) is 186 Å². The first kappa shape index (κ1) is 40.4. The van der Waals surface area contributed by atoms with E-state index in [1.54, 1.807) is 7.05 Å². The van der Waals surface area contributed by atoms with Gasteiger partial charge in [0.1, 0.15) is 24.2 Å². The molecular formula is C34H63N7O6. The number of carbonyl (C=O) groups excluding carboxylic acids is 5. The molecule has 2 aliphatic rings. The fraction of sp³-hybridized carbons (Fsp3) is 0.853. The van der Waals surface area contributed by atoms with Crippen LogP contribution in [0.1, 0.15) is 105 Å². The summed E-state index contributed by atoms with van der Waals surface area (Å²) >= 11 is 0. The van der Waals surface area contributed by atoms with Gasteiger partial charge in [0.2, 0.25) is 29.5 Å². The molecule has 1 aliphatic heterocycles. The van der Waals surface area contributed by atoms with Crippen molar-refractivity contribution >= 4 is 29.5 Å². The normalized spacial score (nSPS) is 28.1. The highest BCUT2D eigenvalue weighted by Gasteiger charge is 2.38. The molecule has 0 aromatic rings. The van der Waals surface area contributed by atoms with Gasteiger partial charge < -0.3 is 37.0 Å². The number of nitrogens with two attached hydrogens (primary N) is 1. The lowest BCUT2D eigenvalue weighted by molar-refractivity contribution is -0.144. The van der Waals surface area contributed by atoms with Crippen LogP contribution in [-0.4, -0.2) is 114 Å². The molecule has 1 aliphatic carbocycles. The molecule has 1 saturated carbocycles. The van der Waals surface area contributed by atoms with Gasteiger partial charge in [-0.25, -0.2) is 0 Å². The van der Waals surface area contributed by atoms with E-state index in [-0.39, 0.29) is 30.8 Å². The van der Waals surface area contributed by atoms with E-state index in [0.717, 1.165) is 64.2 Å². The predicted molar refractivity (Wildman–Crippen MR) is 182 cm³/mol. The summed E-state index contributed by atoms with van der Waals surface area (Å²) in [4.78, 5) is 72.1. The highest BCUT2D eigenvalue weighted by Crippen LogP contribution is 2.26. The number of aliphatic hydroxyl groups excluding tert-OH is 1. The molecule has 7 N–H and O–H groups in total. The maximum Gasteiger partial charge on any atom is 0.245 e. The standard InChI is InChI=1S/C34H63N7O6/c1-7-8-9-14-18-41-19-17-36-32(45)28(24(5)42)38-30(43)26(21-35)37-33(46)29(25-15-12-10-11-13-16-25)39-31(44)27(20-22(2)3)40(6)34(47)23(41)4/h22-29,42H,7-21,35H2,1-6H3,(H,36,45)(H,37,46)(H,38,43)(H,39,44)/t23?,24?,26?,27-,28?,29-/m0/s1.